The average molecular weight is 433 g/mol. The quantitative estimate of drug-likeness (QED) is 0.364. The molecule has 0 aromatic heterocycles. The fraction of sp³-hybridized carbons (Fsp3) is 0.667. The molecule has 0 N–H and O–H groups in total. The molecular formula is C12H19Cl6F3. The summed E-state index contributed by atoms with van der Waals surface area (Å²) in [5, 5.41) is -2.77. The van der Waals surface area contributed by atoms with Crippen LogP contribution in [0.3, 0.4) is 0 Å². The highest BCUT2D eigenvalue weighted by Crippen LogP contribution is 2.18. The zero-order chi connectivity index (χ0) is 18.4. The molecule has 0 bridgehead atoms. The second-order valence-electron chi connectivity index (χ2n) is 4.13. The highest BCUT2D eigenvalue weighted by atomic mass is 35.5. The summed E-state index contributed by atoms with van der Waals surface area (Å²) >= 11 is 30.5. The van der Waals surface area contributed by atoms with Gasteiger partial charge in [0.05, 0.1) is 16.7 Å². The van der Waals surface area contributed by atoms with Gasteiger partial charge >= 0.3 is 0 Å². The number of allylic oxidation sites excluding steroid dienone is 2. The van der Waals surface area contributed by atoms with Crippen molar-refractivity contribution in [2.45, 2.75) is 44.9 Å². The lowest BCUT2D eigenvalue weighted by atomic mass is 10.5. The molecule has 9 heteroatoms. The molecule has 0 spiro atoms. The van der Waals surface area contributed by atoms with E-state index in [0.29, 0.717) is 0 Å². The average Bonchev–Trinajstić information content (AvgIpc) is 2.09. The minimum Gasteiger partial charge on any atom is -0.227 e. The highest BCUT2D eigenvalue weighted by Gasteiger charge is 2.06. The second-order valence-corrected chi connectivity index (χ2v) is 7.60. The topological polar surface area (TPSA) is 0 Å². The van der Waals surface area contributed by atoms with Crippen LogP contribution < -0.4 is 0 Å². The Morgan fingerprint density at radius 2 is 1.10 bits per heavy atom. The van der Waals surface area contributed by atoms with Gasteiger partial charge in [-0.2, -0.15) is 0 Å². The largest absolute Gasteiger partial charge is 0.227 e. The fourth-order valence-corrected chi connectivity index (χ4v) is 0.455. The predicted molar refractivity (Wildman–Crippen MR) is 93.3 cm³/mol. The molecule has 0 atom stereocenters. The van der Waals surface area contributed by atoms with E-state index in [2.05, 4.69) is 6.58 Å². The van der Waals surface area contributed by atoms with Crippen molar-refractivity contribution in [2.24, 2.45) is 0 Å². The van der Waals surface area contributed by atoms with Crippen LogP contribution >= 0.6 is 69.6 Å². The van der Waals surface area contributed by atoms with E-state index in [1.807, 2.05) is 0 Å². The maximum Gasteiger partial charge on any atom is 0.178 e. The van der Waals surface area contributed by atoms with Crippen molar-refractivity contribution < 1.29 is 13.2 Å². The Labute approximate surface area is 155 Å². The van der Waals surface area contributed by atoms with Gasteiger partial charge in [-0.25, -0.2) is 13.2 Å². The zero-order valence-electron chi connectivity index (χ0n) is 12.3. The molecule has 0 heterocycles. The third kappa shape index (κ3) is 155. The van der Waals surface area contributed by atoms with Crippen LogP contribution in [-0.2, 0) is 0 Å². The van der Waals surface area contributed by atoms with Crippen molar-refractivity contribution in [3.05, 3.63) is 21.9 Å². The Balaban J connectivity index is -0.0000000939. The molecule has 0 radical (unpaired) electrons. The van der Waals surface area contributed by atoms with E-state index in [-0.39, 0.29) is 21.2 Å². The Bertz CT molecular complexity index is 260. The van der Waals surface area contributed by atoms with Crippen molar-refractivity contribution in [2.75, 3.05) is 5.88 Å². The van der Waals surface area contributed by atoms with Gasteiger partial charge in [-0.05, 0) is 34.6 Å². The third-order valence-corrected chi connectivity index (χ3v) is 1.70. The van der Waals surface area contributed by atoms with Crippen LogP contribution in [0.2, 0.25) is 0 Å². The zero-order valence-corrected chi connectivity index (χ0v) is 16.9. The molecular weight excluding hydrogens is 414 g/mol. The first-order valence-corrected chi connectivity index (χ1v) is 7.66. The maximum absolute atomic E-state index is 11.5. The fourth-order valence-electron chi connectivity index (χ4n) is 0.0505. The molecule has 0 saturated heterocycles. The lowest BCUT2D eigenvalue weighted by Crippen LogP contribution is -1.96. The van der Waals surface area contributed by atoms with Crippen LogP contribution in [0, 0.1) is 0 Å². The highest BCUT2D eigenvalue weighted by molar-refractivity contribution is 6.60. The van der Waals surface area contributed by atoms with Gasteiger partial charge in [0.2, 0.25) is 0 Å². The Morgan fingerprint density at radius 1 is 0.952 bits per heavy atom. The van der Waals surface area contributed by atoms with Crippen molar-refractivity contribution in [3.63, 3.8) is 0 Å². The molecule has 0 aromatic carbocycles. The van der Waals surface area contributed by atoms with E-state index in [1.165, 1.54) is 34.6 Å². The Kier molecular flexibility index (Phi) is 22.7. The normalized spacial score (nSPS) is 9.81. The van der Waals surface area contributed by atoms with Gasteiger partial charge < -0.3 is 0 Å². The number of rotatable bonds is 1. The van der Waals surface area contributed by atoms with E-state index in [4.69, 9.17) is 69.6 Å². The van der Waals surface area contributed by atoms with Gasteiger partial charge in [-0.15, -0.1) is 11.6 Å². The summed E-state index contributed by atoms with van der Waals surface area (Å²) < 4.78 is 33.8. The smallest absolute Gasteiger partial charge is 0.178 e. The Morgan fingerprint density at radius 3 is 1.10 bits per heavy atom. The second kappa shape index (κ2) is 15.9. The number of alkyl halides is 5. The van der Waals surface area contributed by atoms with Gasteiger partial charge in [-0.1, -0.05) is 64.6 Å². The standard InChI is InChI=1S/C3H2Cl4.2C3H6ClF.C3H5F/c4-1-2(5)3(6)7;2*1-3(2,4)5;1-3(2)4/h1H2;2*1-2H3;1H2,2H3. The van der Waals surface area contributed by atoms with E-state index in [1.54, 1.807) is 0 Å². The van der Waals surface area contributed by atoms with E-state index >= 15 is 0 Å². The summed E-state index contributed by atoms with van der Waals surface area (Å²) in [7, 11) is 0. The molecule has 0 rings (SSSR count). The minimum atomic E-state index is -1.53. The molecule has 0 fully saturated rings. The van der Waals surface area contributed by atoms with Crippen molar-refractivity contribution in [1.29, 1.82) is 0 Å². The summed E-state index contributed by atoms with van der Waals surface area (Å²) in [4.78, 5) is 0. The Hall–Kier alpha value is 1.01. The number of halogens is 9. The molecule has 21 heavy (non-hydrogen) atoms. The SMILES string of the molecule is C=C(C)F.CC(C)(F)Cl.CC(C)(F)Cl.ClCC(Cl)=C(Cl)Cl. The molecule has 0 amide bonds. The summed E-state index contributed by atoms with van der Waals surface area (Å²) in [5.74, 6) is -0.163. The predicted octanol–water partition coefficient (Wildman–Crippen LogP) is 8.46. The van der Waals surface area contributed by atoms with Gasteiger partial charge in [0.1, 0.15) is 4.49 Å². The molecule has 0 aliphatic carbocycles. The van der Waals surface area contributed by atoms with Crippen LogP contribution in [0.15, 0.2) is 21.9 Å². The van der Waals surface area contributed by atoms with Gasteiger partial charge in [-0.3, -0.25) is 0 Å². The lowest BCUT2D eigenvalue weighted by molar-refractivity contribution is 0.335. The molecule has 130 valence electrons. The van der Waals surface area contributed by atoms with Gasteiger partial charge in [0.15, 0.2) is 10.3 Å². The summed E-state index contributed by atoms with van der Waals surface area (Å²) in [6.07, 6.45) is 0. The third-order valence-electron chi connectivity index (χ3n) is 0.322. The van der Waals surface area contributed by atoms with Crippen LogP contribution in [-0.4, -0.2) is 16.1 Å². The van der Waals surface area contributed by atoms with Crippen molar-refractivity contribution in [1.82, 2.24) is 0 Å². The minimum absolute atomic E-state index is 0.0386. The van der Waals surface area contributed by atoms with Gasteiger partial charge in [0, 0.05) is 0 Å². The van der Waals surface area contributed by atoms with Crippen molar-refractivity contribution in [3.8, 4) is 0 Å². The number of hydrogen-bond donors (Lipinski definition) is 0. The van der Waals surface area contributed by atoms with Crippen LogP contribution in [0.1, 0.15) is 34.6 Å². The van der Waals surface area contributed by atoms with Gasteiger partial charge in [0.25, 0.3) is 0 Å². The first-order chi connectivity index (χ1) is 8.91. The van der Waals surface area contributed by atoms with E-state index in [0.717, 1.165) is 0 Å². The molecule has 0 unspecified atom stereocenters. The molecule has 0 aromatic rings. The van der Waals surface area contributed by atoms with Crippen LogP contribution in [0.4, 0.5) is 13.2 Å². The first kappa shape index (κ1) is 30.0. The molecule has 0 nitrogen and oxygen atoms in total. The monoisotopic (exact) mass is 430 g/mol. The summed E-state index contributed by atoms with van der Waals surface area (Å²) in [5.41, 5.74) is 0. The first-order valence-electron chi connectivity index (χ1n) is 5.24. The number of hydrogen-bond acceptors (Lipinski definition) is 0. The van der Waals surface area contributed by atoms with E-state index in [9.17, 15) is 13.2 Å². The van der Waals surface area contributed by atoms with Crippen molar-refractivity contribution >= 4 is 69.6 Å². The summed E-state index contributed by atoms with van der Waals surface area (Å²) in [6, 6.07) is 0. The molecule has 0 aliphatic heterocycles. The van der Waals surface area contributed by atoms with E-state index < -0.39 is 10.3 Å². The lowest BCUT2D eigenvalue weighted by Gasteiger charge is -1.96. The van der Waals surface area contributed by atoms with Crippen LogP contribution in [0.5, 0.6) is 0 Å². The summed E-state index contributed by atoms with van der Waals surface area (Å²) in [6.45, 7) is 9.34. The maximum atomic E-state index is 11.5. The van der Waals surface area contributed by atoms with Crippen LogP contribution in [0.25, 0.3) is 0 Å². The molecule has 0 saturated carbocycles. The molecule has 0 aliphatic rings.